The minimum atomic E-state index is -0.479. The summed E-state index contributed by atoms with van der Waals surface area (Å²) in [6, 6.07) is 13.1. The second-order valence-electron chi connectivity index (χ2n) is 7.17. The van der Waals surface area contributed by atoms with Gasteiger partial charge in [0, 0.05) is 30.5 Å². The third-order valence-electron chi connectivity index (χ3n) is 5.18. The molecule has 0 unspecified atom stereocenters. The van der Waals surface area contributed by atoms with Crippen LogP contribution in [0.3, 0.4) is 0 Å². The molecule has 0 radical (unpaired) electrons. The van der Waals surface area contributed by atoms with Gasteiger partial charge in [-0.15, -0.1) is 0 Å². The van der Waals surface area contributed by atoms with Crippen molar-refractivity contribution in [1.29, 1.82) is 0 Å². The van der Waals surface area contributed by atoms with Gasteiger partial charge in [0.2, 0.25) is 0 Å². The number of ether oxygens (including phenoxy) is 2. The lowest BCUT2D eigenvalue weighted by molar-refractivity contribution is -0.384. The minimum absolute atomic E-state index is 0.0444. The fourth-order valence-corrected chi connectivity index (χ4v) is 3.50. The van der Waals surface area contributed by atoms with Crippen LogP contribution >= 0.6 is 0 Å². The molecule has 1 aromatic heterocycles. The normalized spacial score (nSPS) is 16.1. The first-order valence-electron chi connectivity index (χ1n) is 9.92. The number of methoxy groups -OCH3 is 1. The molecule has 160 valence electrons. The van der Waals surface area contributed by atoms with Gasteiger partial charge in [-0.05, 0) is 49.2 Å². The Morgan fingerprint density at radius 1 is 1.26 bits per heavy atom. The Hall–Kier alpha value is -3.72. The number of hydrogen-bond donors (Lipinski definition) is 1. The molecule has 0 aliphatic carbocycles. The van der Waals surface area contributed by atoms with Gasteiger partial charge in [0.15, 0.2) is 0 Å². The molecule has 0 saturated carbocycles. The highest BCUT2D eigenvalue weighted by atomic mass is 16.6. The number of aromatic nitrogens is 2. The van der Waals surface area contributed by atoms with E-state index in [4.69, 9.17) is 9.47 Å². The molecule has 2 heterocycles. The maximum Gasteiger partial charge on any atom is 0.280 e. The van der Waals surface area contributed by atoms with E-state index in [0.717, 1.165) is 25.0 Å². The standard InChI is InChI=1S/C22H22N4O5/c1-30-18-10-4-15(5-11-18)21-20(14-23-13-19-3-2-12-31-19)22(27)25(24-21)16-6-8-17(9-7-16)26(28)29/h4-11,14,19,24H,2-3,12-13H2,1H3/t19-/m0/s1. The Balaban J connectivity index is 1.73. The first-order valence-corrected chi connectivity index (χ1v) is 9.92. The van der Waals surface area contributed by atoms with Gasteiger partial charge >= 0.3 is 0 Å². The first-order chi connectivity index (χ1) is 15.1. The summed E-state index contributed by atoms with van der Waals surface area (Å²) in [7, 11) is 1.59. The summed E-state index contributed by atoms with van der Waals surface area (Å²) in [6.07, 6.45) is 3.63. The molecule has 2 aromatic carbocycles. The number of aliphatic imine (C=N–C) groups is 1. The van der Waals surface area contributed by atoms with Crippen molar-refractivity contribution in [2.24, 2.45) is 4.99 Å². The summed E-state index contributed by atoms with van der Waals surface area (Å²) < 4.78 is 12.2. The van der Waals surface area contributed by atoms with Crippen molar-refractivity contribution in [2.75, 3.05) is 20.3 Å². The second-order valence-corrected chi connectivity index (χ2v) is 7.17. The van der Waals surface area contributed by atoms with Crippen LogP contribution in [0.25, 0.3) is 16.9 Å². The molecule has 4 rings (SSSR count). The Morgan fingerprint density at radius 3 is 2.61 bits per heavy atom. The third-order valence-corrected chi connectivity index (χ3v) is 5.18. The van der Waals surface area contributed by atoms with Gasteiger partial charge in [-0.2, -0.15) is 0 Å². The number of nitrogens with zero attached hydrogens (tertiary/aromatic N) is 3. The Bertz CT molecular complexity index is 1140. The van der Waals surface area contributed by atoms with E-state index in [1.54, 1.807) is 13.3 Å². The topological polar surface area (TPSA) is 112 Å². The maximum atomic E-state index is 13.2. The van der Waals surface area contributed by atoms with E-state index in [9.17, 15) is 14.9 Å². The van der Waals surface area contributed by atoms with Crippen molar-refractivity contribution >= 4 is 11.9 Å². The molecule has 9 heteroatoms. The summed E-state index contributed by atoms with van der Waals surface area (Å²) in [5.41, 5.74) is 1.94. The van der Waals surface area contributed by atoms with Gasteiger partial charge < -0.3 is 9.47 Å². The van der Waals surface area contributed by atoms with Gasteiger partial charge in [-0.1, -0.05) is 0 Å². The van der Waals surface area contributed by atoms with Crippen LogP contribution in [0.2, 0.25) is 0 Å². The summed E-state index contributed by atoms with van der Waals surface area (Å²) >= 11 is 0. The highest BCUT2D eigenvalue weighted by molar-refractivity contribution is 5.88. The van der Waals surface area contributed by atoms with E-state index in [-0.39, 0.29) is 17.4 Å². The number of rotatable bonds is 7. The summed E-state index contributed by atoms with van der Waals surface area (Å²) in [5, 5.41) is 14.0. The van der Waals surface area contributed by atoms with Crippen LogP contribution in [0.4, 0.5) is 5.69 Å². The predicted molar refractivity (Wildman–Crippen MR) is 116 cm³/mol. The van der Waals surface area contributed by atoms with Gasteiger partial charge in [0.1, 0.15) is 5.75 Å². The fraction of sp³-hybridized carbons (Fsp3) is 0.273. The van der Waals surface area contributed by atoms with E-state index < -0.39 is 4.92 Å². The molecule has 3 aromatic rings. The molecular formula is C22H22N4O5. The van der Waals surface area contributed by atoms with Crippen LogP contribution in [-0.4, -0.2) is 47.3 Å². The number of aromatic amines is 1. The van der Waals surface area contributed by atoms with Crippen molar-refractivity contribution in [1.82, 2.24) is 9.78 Å². The number of nitrogens with one attached hydrogen (secondary N) is 1. The Kier molecular flexibility index (Phi) is 5.94. The molecule has 0 amide bonds. The van der Waals surface area contributed by atoms with Gasteiger partial charge in [0.25, 0.3) is 11.2 Å². The number of H-pyrrole nitrogens is 1. The first kappa shape index (κ1) is 20.5. The number of nitro benzene ring substituents is 1. The third kappa shape index (κ3) is 4.41. The summed E-state index contributed by atoms with van der Waals surface area (Å²) in [4.78, 5) is 28.1. The SMILES string of the molecule is COc1ccc(-c2[nH]n(-c3ccc([N+](=O)[O-])cc3)c(=O)c2C=NC[C@@H]2CCCO2)cc1. The number of hydrogen-bond acceptors (Lipinski definition) is 6. The zero-order valence-corrected chi connectivity index (χ0v) is 17.0. The smallest absolute Gasteiger partial charge is 0.280 e. The largest absolute Gasteiger partial charge is 0.497 e. The molecule has 31 heavy (non-hydrogen) atoms. The summed E-state index contributed by atoms with van der Waals surface area (Å²) in [5.74, 6) is 0.703. The van der Waals surface area contributed by atoms with Crippen molar-refractivity contribution in [3.05, 3.63) is 74.6 Å². The molecule has 1 saturated heterocycles. The van der Waals surface area contributed by atoms with Gasteiger partial charge in [0.05, 0.1) is 41.6 Å². The van der Waals surface area contributed by atoms with Crippen LogP contribution in [0.15, 0.2) is 58.3 Å². The number of benzene rings is 2. The fourth-order valence-electron chi connectivity index (χ4n) is 3.50. The van der Waals surface area contributed by atoms with Crippen LogP contribution in [0, 0.1) is 10.1 Å². The predicted octanol–water partition coefficient (Wildman–Crippen LogP) is 3.35. The molecule has 1 aliphatic rings. The van der Waals surface area contributed by atoms with Crippen LogP contribution in [0.1, 0.15) is 18.4 Å². The van der Waals surface area contributed by atoms with Crippen molar-refractivity contribution in [3.8, 4) is 22.7 Å². The minimum Gasteiger partial charge on any atom is -0.497 e. The summed E-state index contributed by atoms with van der Waals surface area (Å²) in [6.45, 7) is 1.23. The van der Waals surface area contributed by atoms with E-state index in [0.29, 0.717) is 29.2 Å². The van der Waals surface area contributed by atoms with Crippen LogP contribution in [-0.2, 0) is 4.74 Å². The van der Waals surface area contributed by atoms with E-state index >= 15 is 0 Å². The number of non-ortho nitro benzene ring substituents is 1. The average Bonchev–Trinajstić information content (AvgIpc) is 3.42. The molecule has 1 fully saturated rings. The molecule has 1 atom stereocenters. The van der Waals surface area contributed by atoms with Crippen LogP contribution < -0.4 is 10.3 Å². The maximum absolute atomic E-state index is 13.2. The molecule has 1 N–H and O–H groups in total. The van der Waals surface area contributed by atoms with E-state index in [2.05, 4.69) is 10.1 Å². The average molecular weight is 422 g/mol. The highest BCUT2D eigenvalue weighted by Crippen LogP contribution is 2.23. The Morgan fingerprint density at radius 2 is 2.00 bits per heavy atom. The van der Waals surface area contributed by atoms with E-state index in [1.807, 2.05) is 24.3 Å². The molecule has 0 spiro atoms. The quantitative estimate of drug-likeness (QED) is 0.357. The van der Waals surface area contributed by atoms with Crippen molar-refractivity contribution < 1.29 is 14.4 Å². The molecular weight excluding hydrogens is 400 g/mol. The zero-order chi connectivity index (χ0) is 21.8. The zero-order valence-electron chi connectivity index (χ0n) is 17.0. The molecule has 9 nitrogen and oxygen atoms in total. The lowest BCUT2D eigenvalue weighted by Gasteiger charge is -2.04. The highest BCUT2D eigenvalue weighted by Gasteiger charge is 2.18. The van der Waals surface area contributed by atoms with Crippen LogP contribution in [0.5, 0.6) is 5.75 Å². The second kappa shape index (κ2) is 8.97. The molecule has 1 aliphatic heterocycles. The lowest BCUT2D eigenvalue weighted by Crippen LogP contribution is -2.17. The van der Waals surface area contributed by atoms with E-state index in [1.165, 1.54) is 28.9 Å². The lowest BCUT2D eigenvalue weighted by atomic mass is 10.1. The Labute approximate surface area is 178 Å². The number of nitro groups is 1. The van der Waals surface area contributed by atoms with Crippen molar-refractivity contribution in [3.63, 3.8) is 0 Å². The van der Waals surface area contributed by atoms with Gasteiger partial charge in [-0.3, -0.25) is 25.0 Å². The van der Waals surface area contributed by atoms with Gasteiger partial charge in [-0.25, -0.2) is 4.68 Å². The molecule has 0 bridgehead atoms. The monoisotopic (exact) mass is 422 g/mol. The van der Waals surface area contributed by atoms with Crippen molar-refractivity contribution in [2.45, 2.75) is 18.9 Å².